The number of fused-ring (bicyclic) bond motifs is 1. The quantitative estimate of drug-likeness (QED) is 0.572. The summed E-state index contributed by atoms with van der Waals surface area (Å²) < 4.78 is 27.2. The highest BCUT2D eigenvalue weighted by atomic mass is 32.2. The van der Waals surface area contributed by atoms with Gasteiger partial charge in [-0.05, 0) is 31.0 Å². The molecule has 3 aromatic rings. The number of nitrogens with zero attached hydrogens (tertiary/aromatic N) is 2. The van der Waals surface area contributed by atoms with Crippen molar-refractivity contribution in [1.82, 2.24) is 19.6 Å². The average Bonchev–Trinajstić information content (AvgIpc) is 3.03. The number of benzene rings is 2. The lowest BCUT2D eigenvalue weighted by Gasteiger charge is -2.20. The van der Waals surface area contributed by atoms with E-state index in [1.165, 1.54) is 26.0 Å². The first kappa shape index (κ1) is 21.5. The first-order valence-corrected chi connectivity index (χ1v) is 12.2. The van der Waals surface area contributed by atoms with E-state index in [9.17, 15) is 13.2 Å². The van der Waals surface area contributed by atoms with Crippen LogP contribution < -0.4 is 5.32 Å². The number of nitrogens with one attached hydrogen (secondary N) is 2. The number of likely N-dealkylation sites (N-methyl/N-ethyl adjacent to an activating group) is 1. The zero-order chi connectivity index (χ0) is 21.8. The van der Waals surface area contributed by atoms with E-state index in [1.54, 1.807) is 12.1 Å². The van der Waals surface area contributed by atoms with Gasteiger partial charge >= 0.3 is 0 Å². The Morgan fingerprint density at radius 3 is 2.52 bits per heavy atom. The average molecular weight is 441 g/mol. The Morgan fingerprint density at radius 1 is 1.10 bits per heavy atom. The molecule has 7 nitrogen and oxygen atoms in total. The fourth-order valence-electron chi connectivity index (χ4n) is 4.05. The molecule has 2 N–H and O–H groups in total. The Balaban J connectivity index is 1.48. The predicted octanol–water partition coefficient (Wildman–Crippen LogP) is 3.69. The minimum Gasteiger partial charge on any atom is -0.352 e. The van der Waals surface area contributed by atoms with Crippen molar-refractivity contribution in [2.24, 2.45) is 0 Å². The number of amides is 1. The second-order valence-corrected chi connectivity index (χ2v) is 10.2. The number of rotatable bonds is 6. The molecule has 1 aliphatic carbocycles. The number of sulfonamides is 1. The molecule has 164 valence electrons. The van der Waals surface area contributed by atoms with Gasteiger partial charge in [0.05, 0.1) is 22.5 Å². The van der Waals surface area contributed by atoms with Crippen LogP contribution in [-0.2, 0) is 14.8 Å². The minimum absolute atomic E-state index is 0.132. The number of aromatic nitrogens is 2. The van der Waals surface area contributed by atoms with E-state index in [2.05, 4.69) is 15.3 Å². The zero-order valence-electron chi connectivity index (χ0n) is 17.7. The van der Waals surface area contributed by atoms with Crippen molar-refractivity contribution in [1.29, 1.82) is 0 Å². The molecule has 0 spiro atoms. The molecule has 2 aromatic carbocycles. The van der Waals surface area contributed by atoms with E-state index in [0.717, 1.165) is 35.6 Å². The molecule has 0 aliphatic heterocycles. The molecule has 0 bridgehead atoms. The molecular formula is C23H28N4O3S. The van der Waals surface area contributed by atoms with Crippen molar-refractivity contribution < 1.29 is 13.2 Å². The van der Waals surface area contributed by atoms with Crippen LogP contribution in [0.25, 0.3) is 22.4 Å². The van der Waals surface area contributed by atoms with Crippen LogP contribution in [0.2, 0.25) is 0 Å². The van der Waals surface area contributed by atoms with Gasteiger partial charge in [-0.1, -0.05) is 56.0 Å². The van der Waals surface area contributed by atoms with Crippen LogP contribution in [0, 0.1) is 0 Å². The van der Waals surface area contributed by atoms with Gasteiger partial charge in [-0.25, -0.2) is 13.4 Å². The standard InChI is InChI=1S/C23H28N4O3S/c1-27(16-22(28)24-18-11-7-2-3-8-12-18)31(29,30)19-13-14-20-21(15-19)26-23(25-20)17-9-5-4-6-10-17/h4-6,9-10,13-15,18H,2-3,7-8,11-12,16H2,1H3,(H,24,28)(H,25,26). The summed E-state index contributed by atoms with van der Waals surface area (Å²) in [5.41, 5.74) is 2.25. The lowest BCUT2D eigenvalue weighted by Crippen LogP contribution is -2.42. The first-order chi connectivity index (χ1) is 14.9. The summed E-state index contributed by atoms with van der Waals surface area (Å²) in [5, 5.41) is 3.00. The topological polar surface area (TPSA) is 95.2 Å². The molecule has 1 saturated carbocycles. The third-order valence-corrected chi connectivity index (χ3v) is 7.59. The second kappa shape index (κ2) is 9.20. The van der Waals surface area contributed by atoms with Gasteiger partial charge in [0, 0.05) is 18.7 Å². The molecule has 0 saturated heterocycles. The van der Waals surface area contributed by atoms with Crippen LogP contribution in [0.3, 0.4) is 0 Å². The van der Waals surface area contributed by atoms with Crippen molar-refractivity contribution in [3.63, 3.8) is 0 Å². The van der Waals surface area contributed by atoms with Crippen LogP contribution >= 0.6 is 0 Å². The molecule has 1 fully saturated rings. The number of carbonyl (C=O) groups excluding carboxylic acids is 1. The summed E-state index contributed by atoms with van der Waals surface area (Å²) in [7, 11) is -2.37. The Labute approximate surface area is 182 Å². The van der Waals surface area contributed by atoms with Crippen LogP contribution in [0.1, 0.15) is 38.5 Å². The normalized spacial score (nSPS) is 15.8. The van der Waals surface area contributed by atoms with E-state index in [0.29, 0.717) is 16.9 Å². The molecule has 1 aromatic heterocycles. The van der Waals surface area contributed by atoms with Gasteiger partial charge in [0.1, 0.15) is 5.82 Å². The smallest absolute Gasteiger partial charge is 0.243 e. The van der Waals surface area contributed by atoms with E-state index in [1.807, 2.05) is 30.3 Å². The second-order valence-electron chi connectivity index (χ2n) is 8.15. The first-order valence-electron chi connectivity index (χ1n) is 10.7. The van der Waals surface area contributed by atoms with Gasteiger partial charge in [0.25, 0.3) is 0 Å². The summed E-state index contributed by atoms with van der Waals surface area (Å²) in [4.78, 5) is 20.3. The summed E-state index contributed by atoms with van der Waals surface area (Å²) in [5.74, 6) is 0.424. The largest absolute Gasteiger partial charge is 0.352 e. The number of hydrogen-bond acceptors (Lipinski definition) is 4. The molecule has 8 heteroatoms. The van der Waals surface area contributed by atoms with Crippen molar-refractivity contribution >= 4 is 27.0 Å². The number of carbonyl (C=O) groups is 1. The summed E-state index contributed by atoms with van der Waals surface area (Å²) >= 11 is 0. The number of hydrogen-bond donors (Lipinski definition) is 2. The maximum absolute atomic E-state index is 13.0. The summed E-state index contributed by atoms with van der Waals surface area (Å²) in [6, 6.07) is 14.6. The Morgan fingerprint density at radius 2 is 1.81 bits per heavy atom. The van der Waals surface area contributed by atoms with Gasteiger partial charge in [0.15, 0.2) is 0 Å². The van der Waals surface area contributed by atoms with Crippen molar-refractivity contribution in [3.05, 3.63) is 48.5 Å². The summed E-state index contributed by atoms with van der Waals surface area (Å²) in [6.45, 7) is -0.199. The molecule has 0 radical (unpaired) electrons. The lowest BCUT2D eigenvalue weighted by atomic mass is 10.1. The van der Waals surface area contributed by atoms with E-state index in [4.69, 9.17) is 0 Å². The van der Waals surface area contributed by atoms with Crippen LogP contribution in [0.4, 0.5) is 0 Å². The molecular weight excluding hydrogens is 412 g/mol. The molecule has 1 aliphatic rings. The number of aromatic amines is 1. The maximum atomic E-state index is 13.0. The fourth-order valence-corrected chi connectivity index (χ4v) is 5.20. The van der Waals surface area contributed by atoms with Gasteiger partial charge in [0.2, 0.25) is 15.9 Å². The number of H-pyrrole nitrogens is 1. The molecule has 1 amide bonds. The monoisotopic (exact) mass is 440 g/mol. The highest BCUT2D eigenvalue weighted by Crippen LogP contribution is 2.24. The van der Waals surface area contributed by atoms with E-state index < -0.39 is 10.0 Å². The zero-order valence-corrected chi connectivity index (χ0v) is 18.5. The van der Waals surface area contributed by atoms with Gasteiger partial charge < -0.3 is 10.3 Å². The minimum atomic E-state index is -3.80. The molecule has 31 heavy (non-hydrogen) atoms. The lowest BCUT2D eigenvalue weighted by molar-refractivity contribution is -0.121. The van der Waals surface area contributed by atoms with Crippen molar-refractivity contribution in [2.75, 3.05) is 13.6 Å². The summed E-state index contributed by atoms with van der Waals surface area (Å²) in [6.07, 6.45) is 6.53. The molecule has 1 heterocycles. The van der Waals surface area contributed by atoms with Crippen LogP contribution in [0.5, 0.6) is 0 Å². The van der Waals surface area contributed by atoms with Gasteiger partial charge in [-0.3, -0.25) is 4.79 Å². The molecule has 0 atom stereocenters. The Hall–Kier alpha value is -2.71. The van der Waals surface area contributed by atoms with E-state index >= 15 is 0 Å². The maximum Gasteiger partial charge on any atom is 0.243 e. The van der Waals surface area contributed by atoms with Crippen LogP contribution in [0.15, 0.2) is 53.4 Å². The van der Waals surface area contributed by atoms with Gasteiger partial charge in [-0.2, -0.15) is 4.31 Å². The highest BCUT2D eigenvalue weighted by Gasteiger charge is 2.25. The molecule has 4 rings (SSSR count). The third-order valence-electron chi connectivity index (χ3n) is 5.80. The fraction of sp³-hybridized carbons (Fsp3) is 0.391. The van der Waals surface area contributed by atoms with E-state index in [-0.39, 0.29) is 23.4 Å². The van der Waals surface area contributed by atoms with Crippen molar-refractivity contribution in [2.45, 2.75) is 49.5 Å². The highest BCUT2D eigenvalue weighted by molar-refractivity contribution is 7.89. The third kappa shape index (κ3) is 4.97. The Bertz CT molecular complexity index is 1150. The Kier molecular flexibility index (Phi) is 6.38. The molecule has 0 unspecified atom stereocenters. The van der Waals surface area contributed by atoms with Crippen LogP contribution in [-0.4, -0.2) is 48.2 Å². The van der Waals surface area contributed by atoms with Gasteiger partial charge in [-0.15, -0.1) is 0 Å². The number of imidazole rings is 1. The SMILES string of the molecule is CN(CC(=O)NC1CCCCCC1)S(=O)(=O)c1ccc2nc(-c3ccccc3)[nH]c2c1. The predicted molar refractivity (Wildman–Crippen MR) is 121 cm³/mol. The van der Waals surface area contributed by atoms with Crippen molar-refractivity contribution in [3.8, 4) is 11.4 Å².